The highest BCUT2D eigenvalue weighted by molar-refractivity contribution is 6.03. The Morgan fingerprint density at radius 1 is 1.35 bits per heavy atom. The van der Waals surface area contributed by atoms with Gasteiger partial charge in [0, 0.05) is 5.69 Å². The van der Waals surface area contributed by atoms with E-state index in [-0.39, 0.29) is 18.0 Å². The molecule has 23 heavy (non-hydrogen) atoms. The zero-order valence-electron chi connectivity index (χ0n) is 13.2. The first-order chi connectivity index (χ1) is 11.1. The number of carbonyl (C=O) groups excluding carboxylic acids is 1. The fourth-order valence-electron chi connectivity index (χ4n) is 2.56. The lowest BCUT2D eigenvalue weighted by Crippen LogP contribution is -2.45. The Kier molecular flexibility index (Phi) is 4.19. The lowest BCUT2D eigenvalue weighted by atomic mass is 10.1. The second-order valence-electron chi connectivity index (χ2n) is 5.62. The topological polar surface area (TPSA) is 41.6 Å². The highest BCUT2D eigenvalue weighted by atomic mass is 19.1. The van der Waals surface area contributed by atoms with E-state index < -0.39 is 0 Å². The van der Waals surface area contributed by atoms with E-state index in [0.29, 0.717) is 23.5 Å². The number of carbonyl (C=O) groups is 1. The van der Waals surface area contributed by atoms with Crippen molar-refractivity contribution in [1.29, 1.82) is 0 Å². The van der Waals surface area contributed by atoms with Gasteiger partial charge in [-0.25, -0.2) is 9.18 Å². The molecule has 1 atom stereocenters. The molecule has 120 valence electrons. The summed E-state index contributed by atoms with van der Waals surface area (Å²) in [5, 5.41) is 2.76. The number of urea groups is 1. The van der Waals surface area contributed by atoms with Crippen LogP contribution in [0.5, 0.6) is 5.75 Å². The summed E-state index contributed by atoms with van der Waals surface area (Å²) in [6, 6.07) is 11.8. The van der Waals surface area contributed by atoms with E-state index in [1.807, 2.05) is 31.2 Å². The number of anilines is 2. The van der Waals surface area contributed by atoms with Gasteiger partial charge in [0.2, 0.25) is 0 Å². The molecular formula is C18H19FN2O2. The molecule has 1 aliphatic rings. The maximum atomic E-state index is 13.6. The monoisotopic (exact) mass is 314 g/mol. The average molecular weight is 314 g/mol. The summed E-state index contributed by atoms with van der Waals surface area (Å²) in [4.78, 5) is 14.3. The van der Waals surface area contributed by atoms with Gasteiger partial charge < -0.3 is 10.1 Å². The molecule has 3 rings (SSSR count). The van der Waals surface area contributed by atoms with E-state index in [1.54, 1.807) is 24.0 Å². The third-order valence-corrected chi connectivity index (χ3v) is 3.96. The molecule has 0 saturated heterocycles. The van der Waals surface area contributed by atoms with Crippen LogP contribution in [0.2, 0.25) is 0 Å². The van der Waals surface area contributed by atoms with Crippen LogP contribution in [0.25, 0.3) is 0 Å². The quantitative estimate of drug-likeness (QED) is 0.895. The number of hydrogen-bond acceptors (Lipinski definition) is 2. The summed E-state index contributed by atoms with van der Waals surface area (Å²) in [5.74, 6) is 0.354. The third-order valence-electron chi connectivity index (χ3n) is 3.96. The van der Waals surface area contributed by atoms with Crippen molar-refractivity contribution >= 4 is 17.4 Å². The van der Waals surface area contributed by atoms with Crippen LogP contribution in [0.15, 0.2) is 42.5 Å². The molecule has 4 nitrogen and oxygen atoms in total. The van der Waals surface area contributed by atoms with Crippen LogP contribution in [0.1, 0.15) is 18.9 Å². The van der Waals surface area contributed by atoms with E-state index >= 15 is 0 Å². The summed E-state index contributed by atoms with van der Waals surface area (Å²) < 4.78 is 19.5. The minimum Gasteiger partial charge on any atom is -0.486 e. The number of nitrogens with zero attached hydrogens (tertiary/aromatic N) is 1. The standard InChI is InChI=1S/C18H19FN2O2/c1-3-14-11-21(16-6-4-5-7-17(16)23-14)18(22)20-13-9-8-12(2)15(19)10-13/h4-10,14H,3,11H2,1-2H3,(H,20,22)/t14-/m1/s1. The van der Waals surface area contributed by atoms with Crippen molar-refractivity contribution in [2.45, 2.75) is 26.4 Å². The number of aryl methyl sites for hydroxylation is 1. The van der Waals surface area contributed by atoms with Crippen molar-refractivity contribution in [3.05, 3.63) is 53.8 Å². The van der Waals surface area contributed by atoms with Crippen LogP contribution in [-0.4, -0.2) is 18.7 Å². The second-order valence-corrected chi connectivity index (χ2v) is 5.62. The number of hydrogen-bond donors (Lipinski definition) is 1. The fourth-order valence-corrected chi connectivity index (χ4v) is 2.56. The number of rotatable bonds is 2. The predicted octanol–water partition coefficient (Wildman–Crippen LogP) is 4.34. The molecule has 2 aromatic carbocycles. The minimum absolute atomic E-state index is 0.0506. The van der Waals surface area contributed by atoms with Gasteiger partial charge in [0.05, 0.1) is 12.2 Å². The first-order valence-electron chi connectivity index (χ1n) is 7.69. The van der Waals surface area contributed by atoms with Crippen LogP contribution in [0, 0.1) is 12.7 Å². The Morgan fingerprint density at radius 2 is 2.13 bits per heavy atom. The van der Waals surface area contributed by atoms with E-state index in [4.69, 9.17) is 4.74 Å². The zero-order chi connectivity index (χ0) is 16.4. The lowest BCUT2D eigenvalue weighted by Gasteiger charge is -2.34. The maximum absolute atomic E-state index is 13.6. The van der Waals surface area contributed by atoms with Crippen molar-refractivity contribution in [2.24, 2.45) is 0 Å². The summed E-state index contributed by atoms with van der Waals surface area (Å²) in [7, 11) is 0. The van der Waals surface area contributed by atoms with Crippen molar-refractivity contribution in [3.63, 3.8) is 0 Å². The molecule has 0 aromatic heterocycles. The second kappa shape index (κ2) is 6.28. The molecule has 0 fully saturated rings. The molecule has 0 bridgehead atoms. The van der Waals surface area contributed by atoms with Crippen molar-refractivity contribution in [2.75, 3.05) is 16.8 Å². The predicted molar refractivity (Wildman–Crippen MR) is 88.7 cm³/mol. The normalized spacial score (nSPS) is 16.5. The Labute approximate surface area is 134 Å². The first-order valence-corrected chi connectivity index (χ1v) is 7.69. The van der Waals surface area contributed by atoms with Crippen molar-refractivity contribution in [1.82, 2.24) is 0 Å². The molecule has 5 heteroatoms. The SMILES string of the molecule is CC[C@@H]1CN(C(=O)Nc2ccc(C)c(F)c2)c2ccccc2O1. The highest BCUT2D eigenvalue weighted by Crippen LogP contribution is 2.34. The van der Waals surface area contributed by atoms with E-state index in [9.17, 15) is 9.18 Å². The van der Waals surface area contributed by atoms with Gasteiger partial charge in [-0.05, 0) is 43.2 Å². The van der Waals surface area contributed by atoms with Crippen LogP contribution >= 0.6 is 0 Å². The molecule has 1 heterocycles. The van der Waals surface area contributed by atoms with Gasteiger partial charge in [-0.3, -0.25) is 4.90 Å². The molecule has 1 aliphatic heterocycles. The largest absolute Gasteiger partial charge is 0.486 e. The average Bonchev–Trinajstić information content (AvgIpc) is 2.57. The summed E-state index contributed by atoms with van der Waals surface area (Å²) in [5.41, 5.74) is 1.71. The van der Waals surface area contributed by atoms with Crippen LogP contribution in [-0.2, 0) is 0 Å². The summed E-state index contributed by atoms with van der Waals surface area (Å²) in [6.07, 6.45) is 0.752. The highest BCUT2D eigenvalue weighted by Gasteiger charge is 2.28. The van der Waals surface area contributed by atoms with Crippen LogP contribution < -0.4 is 15.0 Å². The molecule has 0 unspecified atom stereocenters. The third kappa shape index (κ3) is 3.13. The number of ether oxygens (including phenoxy) is 1. The smallest absolute Gasteiger partial charge is 0.326 e. The van der Waals surface area contributed by atoms with Crippen molar-refractivity contribution < 1.29 is 13.9 Å². The van der Waals surface area contributed by atoms with Gasteiger partial charge in [0.1, 0.15) is 17.7 Å². The van der Waals surface area contributed by atoms with Crippen molar-refractivity contribution in [3.8, 4) is 5.75 Å². The Hall–Kier alpha value is -2.56. The number of benzene rings is 2. The van der Waals surface area contributed by atoms with Gasteiger partial charge in [0.25, 0.3) is 0 Å². The van der Waals surface area contributed by atoms with E-state index in [1.165, 1.54) is 6.07 Å². The van der Waals surface area contributed by atoms with Gasteiger partial charge in [-0.15, -0.1) is 0 Å². The van der Waals surface area contributed by atoms with Crippen LogP contribution in [0.3, 0.4) is 0 Å². The molecule has 0 radical (unpaired) electrons. The Bertz CT molecular complexity index is 733. The summed E-state index contributed by atoms with van der Waals surface area (Å²) >= 11 is 0. The molecule has 2 aromatic rings. The molecule has 1 N–H and O–H groups in total. The number of nitrogens with one attached hydrogen (secondary N) is 1. The fraction of sp³-hybridized carbons (Fsp3) is 0.278. The van der Waals surface area contributed by atoms with E-state index in [0.717, 1.165) is 12.1 Å². The van der Waals surface area contributed by atoms with Gasteiger partial charge in [-0.1, -0.05) is 25.1 Å². The first kappa shape index (κ1) is 15.3. The number of amides is 2. The molecule has 2 amide bonds. The molecule has 0 aliphatic carbocycles. The summed E-state index contributed by atoms with van der Waals surface area (Å²) in [6.45, 7) is 4.17. The van der Waals surface area contributed by atoms with E-state index in [2.05, 4.69) is 5.32 Å². The Balaban J connectivity index is 1.84. The molecule has 0 saturated carbocycles. The molecular weight excluding hydrogens is 295 g/mol. The maximum Gasteiger partial charge on any atom is 0.326 e. The Morgan fingerprint density at radius 3 is 2.87 bits per heavy atom. The van der Waals surface area contributed by atoms with Gasteiger partial charge in [0.15, 0.2) is 0 Å². The number of halogens is 1. The molecule has 0 spiro atoms. The number of para-hydroxylation sites is 2. The van der Waals surface area contributed by atoms with Gasteiger partial charge in [-0.2, -0.15) is 0 Å². The number of fused-ring (bicyclic) bond motifs is 1. The minimum atomic E-state index is -0.336. The van der Waals surface area contributed by atoms with Crippen LogP contribution in [0.4, 0.5) is 20.6 Å². The zero-order valence-corrected chi connectivity index (χ0v) is 13.2. The van der Waals surface area contributed by atoms with Gasteiger partial charge >= 0.3 is 6.03 Å². The lowest BCUT2D eigenvalue weighted by molar-refractivity contribution is 0.188.